The normalized spacial score (nSPS) is 11.9. The molecule has 2 aromatic heterocycles. The van der Waals surface area contributed by atoms with E-state index in [4.69, 9.17) is 5.73 Å². The molecule has 0 aromatic carbocycles. The molecule has 0 saturated carbocycles. The Labute approximate surface area is 87.5 Å². The highest BCUT2D eigenvalue weighted by Gasteiger charge is 2.32. The van der Waals surface area contributed by atoms with Crippen LogP contribution in [0.15, 0.2) is 24.4 Å². The molecule has 0 aliphatic carbocycles. The van der Waals surface area contributed by atoms with Gasteiger partial charge in [-0.05, 0) is 18.2 Å². The Kier molecular flexibility index (Phi) is 2.11. The SMILES string of the molecule is NC(=O)n1ccc2nc(C(F)(F)F)ccc21. The van der Waals surface area contributed by atoms with Crippen molar-refractivity contribution in [3.63, 3.8) is 0 Å². The van der Waals surface area contributed by atoms with Crippen LogP contribution in [-0.4, -0.2) is 15.6 Å². The molecule has 1 amide bonds. The van der Waals surface area contributed by atoms with E-state index in [0.717, 1.165) is 16.7 Å². The monoisotopic (exact) mass is 229 g/mol. The number of pyridine rings is 1. The summed E-state index contributed by atoms with van der Waals surface area (Å²) in [5.41, 5.74) is 4.35. The second-order valence-corrected chi connectivity index (χ2v) is 3.12. The molecule has 4 nitrogen and oxygen atoms in total. The third-order valence-corrected chi connectivity index (χ3v) is 2.07. The van der Waals surface area contributed by atoms with Gasteiger partial charge in [-0.3, -0.25) is 4.57 Å². The highest BCUT2D eigenvalue weighted by atomic mass is 19.4. The molecule has 0 fully saturated rings. The van der Waals surface area contributed by atoms with E-state index in [9.17, 15) is 18.0 Å². The van der Waals surface area contributed by atoms with Crippen LogP contribution in [-0.2, 0) is 6.18 Å². The summed E-state index contributed by atoms with van der Waals surface area (Å²) < 4.78 is 38.0. The summed E-state index contributed by atoms with van der Waals surface area (Å²) in [6.45, 7) is 0. The fourth-order valence-corrected chi connectivity index (χ4v) is 1.37. The quantitative estimate of drug-likeness (QED) is 0.750. The Morgan fingerprint density at radius 2 is 2.00 bits per heavy atom. The van der Waals surface area contributed by atoms with Crippen LogP contribution in [0.4, 0.5) is 18.0 Å². The zero-order valence-corrected chi connectivity index (χ0v) is 7.82. The molecule has 2 N–H and O–H groups in total. The number of nitrogens with zero attached hydrogens (tertiary/aromatic N) is 2. The summed E-state index contributed by atoms with van der Waals surface area (Å²) in [5.74, 6) is 0. The minimum Gasteiger partial charge on any atom is -0.351 e. The minimum absolute atomic E-state index is 0.0774. The molecule has 2 rings (SSSR count). The molecule has 7 heteroatoms. The number of halogens is 3. The molecule has 0 aliphatic rings. The summed E-state index contributed by atoms with van der Waals surface area (Å²) in [6, 6.07) is 2.50. The molecule has 16 heavy (non-hydrogen) atoms. The Morgan fingerprint density at radius 3 is 2.56 bits per heavy atom. The predicted molar refractivity (Wildman–Crippen MR) is 49.7 cm³/mol. The zero-order chi connectivity index (χ0) is 11.9. The van der Waals surface area contributed by atoms with Crippen LogP contribution < -0.4 is 5.73 Å². The van der Waals surface area contributed by atoms with Crippen molar-refractivity contribution in [2.24, 2.45) is 5.73 Å². The molecule has 0 radical (unpaired) electrons. The second-order valence-electron chi connectivity index (χ2n) is 3.12. The lowest BCUT2D eigenvalue weighted by Gasteiger charge is -2.05. The predicted octanol–water partition coefficient (Wildman–Crippen LogP) is 1.98. The zero-order valence-electron chi connectivity index (χ0n) is 7.82. The van der Waals surface area contributed by atoms with Crippen LogP contribution in [0.1, 0.15) is 5.69 Å². The molecule has 2 aromatic rings. The fraction of sp³-hybridized carbons (Fsp3) is 0.111. The first-order valence-electron chi connectivity index (χ1n) is 4.25. The third-order valence-electron chi connectivity index (χ3n) is 2.07. The van der Waals surface area contributed by atoms with Crippen LogP contribution in [0.5, 0.6) is 0 Å². The number of amides is 1. The van der Waals surface area contributed by atoms with Gasteiger partial charge in [-0.25, -0.2) is 9.78 Å². The van der Waals surface area contributed by atoms with Gasteiger partial charge in [0.15, 0.2) is 0 Å². The summed E-state index contributed by atoms with van der Waals surface area (Å²) in [7, 11) is 0. The molecule has 0 aliphatic heterocycles. The average molecular weight is 229 g/mol. The highest BCUT2D eigenvalue weighted by Crippen LogP contribution is 2.29. The van der Waals surface area contributed by atoms with E-state index in [1.807, 2.05) is 0 Å². The van der Waals surface area contributed by atoms with E-state index in [-0.39, 0.29) is 11.0 Å². The number of rotatable bonds is 0. The van der Waals surface area contributed by atoms with E-state index in [1.165, 1.54) is 12.3 Å². The van der Waals surface area contributed by atoms with Crippen LogP contribution in [0.2, 0.25) is 0 Å². The third kappa shape index (κ3) is 1.60. The molecule has 84 valence electrons. The van der Waals surface area contributed by atoms with Crippen molar-refractivity contribution in [3.05, 3.63) is 30.1 Å². The van der Waals surface area contributed by atoms with Gasteiger partial charge >= 0.3 is 12.2 Å². The lowest BCUT2D eigenvalue weighted by Crippen LogP contribution is -2.18. The topological polar surface area (TPSA) is 60.9 Å². The van der Waals surface area contributed by atoms with Gasteiger partial charge in [0.25, 0.3) is 0 Å². The molecule has 0 unspecified atom stereocenters. The fourth-order valence-electron chi connectivity index (χ4n) is 1.37. The Hall–Kier alpha value is -2.05. The van der Waals surface area contributed by atoms with Crippen molar-refractivity contribution in [1.82, 2.24) is 9.55 Å². The van der Waals surface area contributed by atoms with E-state index in [1.54, 1.807) is 0 Å². The van der Waals surface area contributed by atoms with Gasteiger partial charge < -0.3 is 5.73 Å². The van der Waals surface area contributed by atoms with Gasteiger partial charge in [0, 0.05) is 6.20 Å². The number of carbonyl (C=O) groups excluding carboxylic acids is 1. The van der Waals surface area contributed by atoms with Crippen molar-refractivity contribution in [2.45, 2.75) is 6.18 Å². The molecule has 0 atom stereocenters. The number of primary amides is 1. The number of hydrogen-bond donors (Lipinski definition) is 1. The Morgan fingerprint density at radius 1 is 1.31 bits per heavy atom. The summed E-state index contributed by atoms with van der Waals surface area (Å²) in [6.07, 6.45) is -3.22. The van der Waals surface area contributed by atoms with E-state index in [2.05, 4.69) is 4.98 Å². The number of alkyl halides is 3. The maximum absolute atomic E-state index is 12.3. The molecular weight excluding hydrogens is 223 g/mol. The van der Waals surface area contributed by atoms with Gasteiger partial charge in [-0.2, -0.15) is 13.2 Å². The summed E-state index contributed by atoms with van der Waals surface area (Å²) in [4.78, 5) is 14.3. The molecule has 2 heterocycles. The Balaban J connectivity index is 2.62. The van der Waals surface area contributed by atoms with Crippen LogP contribution in [0.3, 0.4) is 0 Å². The smallest absolute Gasteiger partial charge is 0.351 e. The second kappa shape index (κ2) is 3.22. The van der Waals surface area contributed by atoms with Gasteiger partial charge in [0.05, 0.1) is 11.0 Å². The van der Waals surface area contributed by atoms with Crippen LogP contribution in [0, 0.1) is 0 Å². The van der Waals surface area contributed by atoms with Crippen LogP contribution >= 0.6 is 0 Å². The number of fused-ring (bicyclic) bond motifs is 1. The maximum Gasteiger partial charge on any atom is 0.433 e. The Bertz CT molecular complexity index is 559. The summed E-state index contributed by atoms with van der Waals surface area (Å²) in [5, 5.41) is 0. The number of aromatic nitrogens is 2. The number of nitrogens with two attached hydrogens (primary N) is 1. The van der Waals surface area contributed by atoms with E-state index in [0.29, 0.717) is 0 Å². The average Bonchev–Trinajstić information content (AvgIpc) is 2.58. The molecule has 0 bridgehead atoms. The first-order valence-corrected chi connectivity index (χ1v) is 4.25. The van der Waals surface area contributed by atoms with Crippen molar-refractivity contribution in [3.8, 4) is 0 Å². The first kappa shape index (κ1) is 10.5. The van der Waals surface area contributed by atoms with Crippen molar-refractivity contribution in [1.29, 1.82) is 0 Å². The lowest BCUT2D eigenvalue weighted by atomic mass is 10.3. The van der Waals surface area contributed by atoms with Gasteiger partial charge in [-0.1, -0.05) is 0 Å². The molecular formula is C9H6F3N3O. The standard InChI is InChI=1S/C9H6F3N3O/c10-9(11,12)7-2-1-6-5(14-7)3-4-15(6)8(13)16/h1-4H,(H2,13,16). The van der Waals surface area contributed by atoms with Crippen molar-refractivity contribution >= 4 is 17.1 Å². The highest BCUT2D eigenvalue weighted by molar-refractivity contribution is 5.88. The van der Waals surface area contributed by atoms with Crippen molar-refractivity contribution < 1.29 is 18.0 Å². The number of hydrogen-bond acceptors (Lipinski definition) is 2. The van der Waals surface area contributed by atoms with E-state index < -0.39 is 17.9 Å². The molecule has 0 spiro atoms. The van der Waals surface area contributed by atoms with Crippen LogP contribution in [0.25, 0.3) is 11.0 Å². The van der Waals surface area contributed by atoms with Crippen molar-refractivity contribution in [2.75, 3.05) is 0 Å². The summed E-state index contributed by atoms with van der Waals surface area (Å²) >= 11 is 0. The first-order chi connectivity index (χ1) is 7.39. The maximum atomic E-state index is 12.3. The largest absolute Gasteiger partial charge is 0.433 e. The van der Waals surface area contributed by atoms with Gasteiger partial charge in [-0.15, -0.1) is 0 Å². The van der Waals surface area contributed by atoms with Gasteiger partial charge in [0.2, 0.25) is 0 Å². The number of carbonyl (C=O) groups is 1. The molecule has 0 saturated heterocycles. The lowest BCUT2D eigenvalue weighted by molar-refractivity contribution is -0.140. The minimum atomic E-state index is -4.50. The van der Waals surface area contributed by atoms with E-state index >= 15 is 0 Å². The van der Waals surface area contributed by atoms with Gasteiger partial charge in [0.1, 0.15) is 5.69 Å².